The summed E-state index contributed by atoms with van der Waals surface area (Å²) in [5.41, 5.74) is 6.56. The molecule has 3 heterocycles. The Kier molecular flexibility index (Phi) is 5.52. The molecule has 3 aliphatic rings. The van der Waals surface area contributed by atoms with Crippen molar-refractivity contribution in [1.29, 1.82) is 0 Å². The molecule has 0 aromatic heterocycles. The Morgan fingerprint density at radius 3 is 2.43 bits per heavy atom. The molecule has 122 valence electrons. The molecule has 4 heteroatoms. The molecule has 2 unspecified atom stereocenters. The molecule has 3 aliphatic heterocycles. The van der Waals surface area contributed by atoms with Crippen LogP contribution in [0.15, 0.2) is 0 Å². The number of rotatable bonds is 4. The van der Waals surface area contributed by atoms with Crippen LogP contribution in [-0.4, -0.2) is 65.6 Å². The van der Waals surface area contributed by atoms with Gasteiger partial charge in [-0.25, -0.2) is 0 Å². The lowest BCUT2D eigenvalue weighted by molar-refractivity contribution is 0.0401. The number of hydrogen-bond acceptors (Lipinski definition) is 4. The summed E-state index contributed by atoms with van der Waals surface area (Å²) in [7, 11) is 0. The van der Waals surface area contributed by atoms with Gasteiger partial charge in [-0.2, -0.15) is 11.8 Å². The van der Waals surface area contributed by atoms with E-state index in [-0.39, 0.29) is 0 Å². The SMILES string of the molecule is CC1SCCCC1(CN)N1CCC(CN2CCCC2)CC1. The van der Waals surface area contributed by atoms with Crippen LogP contribution in [0.5, 0.6) is 0 Å². The van der Waals surface area contributed by atoms with Gasteiger partial charge in [0.1, 0.15) is 0 Å². The van der Waals surface area contributed by atoms with Gasteiger partial charge in [0.2, 0.25) is 0 Å². The zero-order chi connectivity index (χ0) is 14.7. The Morgan fingerprint density at radius 2 is 1.81 bits per heavy atom. The van der Waals surface area contributed by atoms with Gasteiger partial charge in [-0.1, -0.05) is 6.92 Å². The minimum absolute atomic E-state index is 0.293. The Bertz CT molecular complexity index is 324. The van der Waals surface area contributed by atoms with Gasteiger partial charge in [0.25, 0.3) is 0 Å². The van der Waals surface area contributed by atoms with E-state index >= 15 is 0 Å². The minimum Gasteiger partial charge on any atom is -0.329 e. The van der Waals surface area contributed by atoms with E-state index in [9.17, 15) is 0 Å². The summed E-state index contributed by atoms with van der Waals surface area (Å²) in [5, 5.41) is 0.700. The van der Waals surface area contributed by atoms with Gasteiger partial charge in [-0.15, -0.1) is 0 Å². The van der Waals surface area contributed by atoms with Crippen LogP contribution in [-0.2, 0) is 0 Å². The fourth-order valence-corrected chi connectivity index (χ4v) is 6.04. The van der Waals surface area contributed by atoms with E-state index in [1.54, 1.807) is 0 Å². The van der Waals surface area contributed by atoms with Gasteiger partial charge in [0.05, 0.1) is 0 Å². The summed E-state index contributed by atoms with van der Waals surface area (Å²) in [6.07, 6.45) is 8.27. The Morgan fingerprint density at radius 1 is 1.10 bits per heavy atom. The number of likely N-dealkylation sites (tertiary alicyclic amines) is 2. The molecule has 0 spiro atoms. The molecule has 2 atom stereocenters. The van der Waals surface area contributed by atoms with Crippen LogP contribution in [0.25, 0.3) is 0 Å². The van der Waals surface area contributed by atoms with E-state index in [1.165, 1.54) is 77.0 Å². The predicted molar refractivity (Wildman–Crippen MR) is 92.9 cm³/mol. The fourth-order valence-electron chi connectivity index (χ4n) is 4.70. The first-order valence-corrected chi connectivity index (χ1v) is 10.1. The molecule has 3 saturated heterocycles. The lowest BCUT2D eigenvalue weighted by atomic mass is 9.84. The summed E-state index contributed by atoms with van der Waals surface area (Å²) >= 11 is 2.14. The average Bonchev–Trinajstić information content (AvgIpc) is 3.02. The number of piperidine rings is 1. The number of hydrogen-bond donors (Lipinski definition) is 1. The third-order valence-corrected chi connectivity index (χ3v) is 7.65. The zero-order valence-electron chi connectivity index (χ0n) is 13.7. The largest absolute Gasteiger partial charge is 0.329 e. The van der Waals surface area contributed by atoms with Crippen molar-refractivity contribution in [2.75, 3.05) is 45.0 Å². The normalized spacial score (nSPS) is 37.1. The van der Waals surface area contributed by atoms with Crippen LogP contribution in [0, 0.1) is 5.92 Å². The molecular formula is C17H33N3S. The summed E-state index contributed by atoms with van der Waals surface area (Å²) < 4.78 is 0. The second-order valence-electron chi connectivity index (χ2n) is 7.36. The lowest BCUT2D eigenvalue weighted by Gasteiger charge is -2.52. The zero-order valence-corrected chi connectivity index (χ0v) is 14.5. The Labute approximate surface area is 135 Å². The summed E-state index contributed by atoms with van der Waals surface area (Å²) in [6, 6.07) is 0. The van der Waals surface area contributed by atoms with Gasteiger partial charge in [0, 0.05) is 23.9 Å². The lowest BCUT2D eigenvalue weighted by Crippen LogP contribution is -2.62. The summed E-state index contributed by atoms with van der Waals surface area (Å²) in [6.45, 7) is 9.86. The first-order chi connectivity index (χ1) is 10.2. The van der Waals surface area contributed by atoms with Crippen LogP contribution in [0.1, 0.15) is 45.4 Å². The highest BCUT2D eigenvalue weighted by atomic mass is 32.2. The second kappa shape index (κ2) is 7.20. The van der Waals surface area contributed by atoms with E-state index in [0.717, 1.165) is 12.5 Å². The van der Waals surface area contributed by atoms with Gasteiger partial charge in [-0.05, 0) is 76.4 Å². The standard InChI is InChI=1S/C17H33N3S/c1-15-17(14-18,7-4-12-21-15)20-10-5-16(6-11-20)13-19-8-2-3-9-19/h15-16H,2-14,18H2,1H3. The van der Waals surface area contributed by atoms with Crippen LogP contribution in [0.3, 0.4) is 0 Å². The maximum Gasteiger partial charge on any atom is 0.0447 e. The number of thioether (sulfide) groups is 1. The third kappa shape index (κ3) is 3.44. The second-order valence-corrected chi connectivity index (χ2v) is 8.81. The van der Waals surface area contributed by atoms with Gasteiger partial charge in [0.15, 0.2) is 0 Å². The first kappa shape index (κ1) is 16.1. The van der Waals surface area contributed by atoms with Crippen molar-refractivity contribution in [1.82, 2.24) is 9.80 Å². The third-order valence-electron chi connectivity index (χ3n) is 6.19. The summed E-state index contributed by atoms with van der Waals surface area (Å²) in [4.78, 5) is 5.46. The molecule has 3 rings (SSSR count). The van der Waals surface area contributed by atoms with Crippen LogP contribution < -0.4 is 5.73 Å². The van der Waals surface area contributed by atoms with E-state index in [1.807, 2.05) is 0 Å². The molecule has 0 amide bonds. The molecule has 0 bridgehead atoms. The highest BCUT2D eigenvalue weighted by Crippen LogP contribution is 2.39. The topological polar surface area (TPSA) is 32.5 Å². The monoisotopic (exact) mass is 311 g/mol. The molecule has 3 fully saturated rings. The molecule has 0 saturated carbocycles. The van der Waals surface area contributed by atoms with Gasteiger partial charge in [-0.3, -0.25) is 4.90 Å². The van der Waals surface area contributed by atoms with Crippen molar-refractivity contribution >= 4 is 11.8 Å². The van der Waals surface area contributed by atoms with Crippen molar-refractivity contribution in [3.63, 3.8) is 0 Å². The molecule has 3 nitrogen and oxygen atoms in total. The number of nitrogens with zero attached hydrogens (tertiary/aromatic N) is 2. The Hall–Kier alpha value is 0.230. The highest BCUT2D eigenvalue weighted by Gasteiger charge is 2.43. The van der Waals surface area contributed by atoms with Crippen LogP contribution in [0.2, 0.25) is 0 Å². The van der Waals surface area contributed by atoms with Crippen LogP contribution in [0.4, 0.5) is 0 Å². The van der Waals surface area contributed by atoms with E-state index in [2.05, 4.69) is 28.5 Å². The average molecular weight is 312 g/mol. The van der Waals surface area contributed by atoms with E-state index in [0.29, 0.717) is 10.8 Å². The molecule has 0 aromatic rings. The Balaban J connectivity index is 1.54. The van der Waals surface area contributed by atoms with Gasteiger partial charge < -0.3 is 10.6 Å². The first-order valence-electron chi connectivity index (χ1n) is 9.04. The van der Waals surface area contributed by atoms with Crippen LogP contribution >= 0.6 is 11.8 Å². The molecule has 0 aliphatic carbocycles. The van der Waals surface area contributed by atoms with E-state index < -0.39 is 0 Å². The quantitative estimate of drug-likeness (QED) is 0.864. The maximum atomic E-state index is 6.26. The van der Waals surface area contributed by atoms with Crippen molar-refractivity contribution in [2.45, 2.75) is 56.2 Å². The molecule has 0 radical (unpaired) electrons. The van der Waals surface area contributed by atoms with Crippen molar-refractivity contribution in [3.8, 4) is 0 Å². The molecule has 21 heavy (non-hydrogen) atoms. The highest BCUT2D eigenvalue weighted by molar-refractivity contribution is 8.00. The van der Waals surface area contributed by atoms with Crippen molar-refractivity contribution in [2.24, 2.45) is 11.7 Å². The minimum atomic E-state index is 0.293. The molecule has 0 aromatic carbocycles. The smallest absolute Gasteiger partial charge is 0.0447 e. The number of nitrogens with two attached hydrogens (primary N) is 1. The summed E-state index contributed by atoms with van der Waals surface area (Å²) in [5.74, 6) is 2.26. The van der Waals surface area contributed by atoms with Crippen molar-refractivity contribution < 1.29 is 0 Å². The predicted octanol–water partition coefficient (Wildman–Crippen LogP) is 2.41. The fraction of sp³-hybridized carbons (Fsp3) is 1.00. The van der Waals surface area contributed by atoms with Crippen molar-refractivity contribution in [3.05, 3.63) is 0 Å². The molecular weight excluding hydrogens is 278 g/mol. The van der Waals surface area contributed by atoms with E-state index in [4.69, 9.17) is 5.73 Å². The molecule has 2 N–H and O–H groups in total. The van der Waals surface area contributed by atoms with Gasteiger partial charge >= 0.3 is 0 Å². The maximum absolute atomic E-state index is 6.26.